The fourth-order valence-electron chi connectivity index (χ4n) is 2.56. The summed E-state index contributed by atoms with van der Waals surface area (Å²) >= 11 is 0. The number of ether oxygens (including phenoxy) is 1. The van der Waals surface area contributed by atoms with Crippen molar-refractivity contribution in [1.82, 2.24) is 9.80 Å². The minimum atomic E-state index is 0.431. The quantitative estimate of drug-likeness (QED) is 0.699. The Bertz CT molecular complexity index is 180. The Morgan fingerprint density at radius 1 is 1.00 bits per heavy atom. The van der Waals surface area contributed by atoms with Crippen molar-refractivity contribution >= 4 is 0 Å². The maximum atomic E-state index is 5.54. The van der Waals surface area contributed by atoms with Crippen molar-refractivity contribution in [2.45, 2.75) is 32.3 Å². The SMILES string of the molecule is CC1CN(CCN2CCCCC2)CCO1. The lowest BCUT2D eigenvalue weighted by Gasteiger charge is -2.34. The lowest BCUT2D eigenvalue weighted by molar-refractivity contribution is -0.0210. The average Bonchev–Trinajstić information content (AvgIpc) is 2.28. The molecule has 1 unspecified atom stereocenters. The number of likely N-dealkylation sites (tertiary alicyclic amines) is 1. The number of piperidine rings is 1. The molecule has 2 aliphatic rings. The molecular weight excluding hydrogens is 188 g/mol. The highest BCUT2D eigenvalue weighted by Crippen LogP contribution is 2.09. The van der Waals surface area contributed by atoms with E-state index in [9.17, 15) is 0 Å². The summed E-state index contributed by atoms with van der Waals surface area (Å²) in [7, 11) is 0. The van der Waals surface area contributed by atoms with Crippen molar-refractivity contribution in [3.63, 3.8) is 0 Å². The van der Waals surface area contributed by atoms with E-state index in [1.807, 2.05) is 0 Å². The minimum Gasteiger partial charge on any atom is -0.376 e. The van der Waals surface area contributed by atoms with Crippen molar-refractivity contribution in [3.8, 4) is 0 Å². The van der Waals surface area contributed by atoms with Crippen LogP contribution < -0.4 is 0 Å². The smallest absolute Gasteiger partial charge is 0.0674 e. The van der Waals surface area contributed by atoms with Gasteiger partial charge in [0.15, 0.2) is 0 Å². The first-order chi connectivity index (χ1) is 7.34. The summed E-state index contributed by atoms with van der Waals surface area (Å²) in [4.78, 5) is 5.16. The predicted molar refractivity (Wildman–Crippen MR) is 62.1 cm³/mol. The maximum absolute atomic E-state index is 5.54. The summed E-state index contributed by atoms with van der Waals surface area (Å²) < 4.78 is 5.54. The summed E-state index contributed by atoms with van der Waals surface area (Å²) in [5.41, 5.74) is 0. The van der Waals surface area contributed by atoms with Gasteiger partial charge < -0.3 is 9.64 Å². The Kier molecular flexibility index (Phi) is 4.42. The van der Waals surface area contributed by atoms with Crippen LogP contribution in [0.3, 0.4) is 0 Å². The van der Waals surface area contributed by atoms with Crippen LogP contribution in [0.1, 0.15) is 26.2 Å². The molecule has 0 saturated carbocycles. The predicted octanol–water partition coefficient (Wildman–Crippen LogP) is 1.19. The Labute approximate surface area is 93.4 Å². The molecule has 0 aromatic carbocycles. The van der Waals surface area contributed by atoms with Gasteiger partial charge in [0, 0.05) is 26.2 Å². The second-order valence-corrected chi connectivity index (χ2v) is 4.88. The number of morpholine rings is 1. The van der Waals surface area contributed by atoms with Crippen LogP contribution >= 0.6 is 0 Å². The van der Waals surface area contributed by atoms with Gasteiger partial charge in [-0.05, 0) is 32.9 Å². The molecule has 0 spiro atoms. The highest BCUT2D eigenvalue weighted by Gasteiger charge is 2.17. The van der Waals surface area contributed by atoms with Gasteiger partial charge in [-0.2, -0.15) is 0 Å². The summed E-state index contributed by atoms with van der Waals surface area (Å²) in [6, 6.07) is 0. The third-order valence-electron chi connectivity index (χ3n) is 3.51. The minimum absolute atomic E-state index is 0.431. The second-order valence-electron chi connectivity index (χ2n) is 4.88. The van der Waals surface area contributed by atoms with E-state index >= 15 is 0 Å². The maximum Gasteiger partial charge on any atom is 0.0674 e. The molecule has 0 radical (unpaired) electrons. The Morgan fingerprint density at radius 2 is 1.73 bits per heavy atom. The van der Waals surface area contributed by atoms with Crippen molar-refractivity contribution in [1.29, 1.82) is 0 Å². The van der Waals surface area contributed by atoms with Crippen LogP contribution in [0, 0.1) is 0 Å². The molecule has 1 atom stereocenters. The standard InChI is InChI=1S/C12H24N2O/c1-12-11-14(9-10-15-12)8-7-13-5-3-2-4-6-13/h12H,2-11H2,1H3. The third-order valence-corrected chi connectivity index (χ3v) is 3.51. The van der Waals surface area contributed by atoms with E-state index in [4.69, 9.17) is 4.74 Å². The average molecular weight is 212 g/mol. The molecular formula is C12H24N2O. The van der Waals surface area contributed by atoms with Crippen LogP contribution in [-0.4, -0.2) is 61.8 Å². The second kappa shape index (κ2) is 5.83. The summed E-state index contributed by atoms with van der Waals surface area (Å²) in [6.45, 7) is 10.5. The van der Waals surface area contributed by atoms with Gasteiger partial charge >= 0.3 is 0 Å². The Morgan fingerprint density at radius 3 is 2.47 bits per heavy atom. The summed E-state index contributed by atoms with van der Waals surface area (Å²) in [5.74, 6) is 0. The summed E-state index contributed by atoms with van der Waals surface area (Å²) in [6.07, 6.45) is 4.67. The van der Waals surface area contributed by atoms with E-state index < -0.39 is 0 Å². The Balaban J connectivity index is 1.63. The molecule has 0 bridgehead atoms. The highest BCUT2D eigenvalue weighted by atomic mass is 16.5. The molecule has 2 heterocycles. The van der Waals surface area contributed by atoms with Gasteiger partial charge in [0.25, 0.3) is 0 Å². The van der Waals surface area contributed by atoms with E-state index in [2.05, 4.69) is 16.7 Å². The van der Waals surface area contributed by atoms with E-state index in [0.717, 1.165) is 19.7 Å². The first-order valence-corrected chi connectivity index (χ1v) is 6.41. The molecule has 2 rings (SSSR count). The van der Waals surface area contributed by atoms with Crippen LogP contribution in [0.2, 0.25) is 0 Å². The van der Waals surface area contributed by atoms with Gasteiger partial charge in [0.1, 0.15) is 0 Å². The molecule has 88 valence electrons. The van der Waals surface area contributed by atoms with Crippen LogP contribution in [0.4, 0.5) is 0 Å². The largest absolute Gasteiger partial charge is 0.376 e. The van der Waals surface area contributed by atoms with Crippen molar-refractivity contribution in [2.75, 3.05) is 45.9 Å². The zero-order chi connectivity index (χ0) is 10.5. The molecule has 0 aliphatic carbocycles. The van der Waals surface area contributed by atoms with Crippen LogP contribution in [-0.2, 0) is 4.74 Å². The zero-order valence-electron chi connectivity index (χ0n) is 9.95. The number of hydrogen-bond acceptors (Lipinski definition) is 3. The first-order valence-electron chi connectivity index (χ1n) is 6.41. The summed E-state index contributed by atoms with van der Waals surface area (Å²) in [5, 5.41) is 0. The molecule has 0 N–H and O–H groups in total. The van der Waals surface area contributed by atoms with Crippen LogP contribution in [0.15, 0.2) is 0 Å². The molecule has 3 heteroatoms. The van der Waals surface area contributed by atoms with Crippen LogP contribution in [0.5, 0.6) is 0 Å². The van der Waals surface area contributed by atoms with Gasteiger partial charge in [-0.1, -0.05) is 6.42 Å². The molecule has 2 saturated heterocycles. The molecule has 15 heavy (non-hydrogen) atoms. The van der Waals surface area contributed by atoms with Gasteiger partial charge in [-0.15, -0.1) is 0 Å². The molecule has 0 aromatic rings. The first kappa shape index (κ1) is 11.4. The number of rotatable bonds is 3. The normalized spacial score (nSPS) is 30.6. The van der Waals surface area contributed by atoms with Crippen molar-refractivity contribution in [3.05, 3.63) is 0 Å². The fraction of sp³-hybridized carbons (Fsp3) is 1.00. The van der Waals surface area contributed by atoms with Gasteiger partial charge in [0.2, 0.25) is 0 Å². The van der Waals surface area contributed by atoms with Crippen molar-refractivity contribution < 1.29 is 4.74 Å². The molecule has 0 aromatic heterocycles. The van der Waals surface area contributed by atoms with Crippen molar-refractivity contribution in [2.24, 2.45) is 0 Å². The van der Waals surface area contributed by atoms with Gasteiger partial charge in [0.05, 0.1) is 12.7 Å². The molecule has 2 aliphatic heterocycles. The number of nitrogens with zero attached hydrogens (tertiary/aromatic N) is 2. The van der Waals surface area contributed by atoms with Gasteiger partial charge in [-0.3, -0.25) is 4.90 Å². The van der Waals surface area contributed by atoms with Gasteiger partial charge in [-0.25, -0.2) is 0 Å². The Hall–Kier alpha value is -0.120. The van der Waals surface area contributed by atoms with E-state index in [1.54, 1.807) is 0 Å². The van der Waals surface area contributed by atoms with E-state index in [-0.39, 0.29) is 0 Å². The molecule has 0 amide bonds. The fourth-order valence-corrected chi connectivity index (χ4v) is 2.56. The van der Waals surface area contributed by atoms with Crippen LogP contribution in [0.25, 0.3) is 0 Å². The van der Waals surface area contributed by atoms with E-state index in [0.29, 0.717) is 6.10 Å². The molecule has 3 nitrogen and oxygen atoms in total. The zero-order valence-corrected chi connectivity index (χ0v) is 9.95. The molecule has 2 fully saturated rings. The monoisotopic (exact) mass is 212 g/mol. The van der Waals surface area contributed by atoms with E-state index in [1.165, 1.54) is 45.4 Å². The highest BCUT2D eigenvalue weighted by molar-refractivity contribution is 4.71. The lowest BCUT2D eigenvalue weighted by atomic mass is 10.1. The third kappa shape index (κ3) is 3.74. The lowest BCUT2D eigenvalue weighted by Crippen LogP contribution is -2.45. The topological polar surface area (TPSA) is 15.7 Å². The number of hydrogen-bond donors (Lipinski definition) is 0.